The maximum absolute atomic E-state index is 12.8. The molecule has 0 aliphatic carbocycles. The van der Waals surface area contributed by atoms with E-state index in [4.69, 9.17) is 9.47 Å². The number of benzene rings is 1. The van der Waals surface area contributed by atoms with Crippen molar-refractivity contribution in [3.63, 3.8) is 0 Å². The molecule has 0 spiro atoms. The van der Waals surface area contributed by atoms with Crippen LogP contribution in [0.1, 0.15) is 31.2 Å². The Morgan fingerprint density at radius 3 is 2.77 bits per heavy atom. The molecule has 1 amide bonds. The lowest BCUT2D eigenvalue weighted by molar-refractivity contribution is -0.166. The zero-order chi connectivity index (χ0) is 22.3. The van der Waals surface area contributed by atoms with Crippen molar-refractivity contribution in [3.8, 4) is 5.75 Å². The first-order valence-corrected chi connectivity index (χ1v) is 11.5. The minimum Gasteiger partial charge on any atom is -0.497 e. The van der Waals surface area contributed by atoms with Crippen LogP contribution in [0.3, 0.4) is 0 Å². The predicted octanol–water partition coefficient (Wildman–Crippen LogP) is 2.35. The highest BCUT2D eigenvalue weighted by Gasteiger charge is 2.21. The maximum atomic E-state index is 12.8. The Balaban J connectivity index is 1.62. The summed E-state index contributed by atoms with van der Waals surface area (Å²) >= 11 is 0. The summed E-state index contributed by atoms with van der Waals surface area (Å²) in [6, 6.07) is 8.95. The van der Waals surface area contributed by atoms with Crippen molar-refractivity contribution in [1.29, 1.82) is 0 Å². The number of nitrogens with one attached hydrogen (secondary N) is 1. The highest BCUT2D eigenvalue weighted by molar-refractivity contribution is 7.91. The second-order valence-corrected chi connectivity index (χ2v) is 9.28. The number of carbonyl (C=O) groups excluding carboxylic acids is 1. The van der Waals surface area contributed by atoms with Gasteiger partial charge >= 0.3 is 0 Å². The molecular weight excluding hydrogens is 422 g/mol. The number of hydrogen-bond acceptors (Lipinski definition) is 8. The molecule has 1 aromatic carbocycles. The second kappa shape index (κ2) is 10.7. The van der Waals surface area contributed by atoms with Crippen LogP contribution in [0.4, 0.5) is 0 Å². The van der Waals surface area contributed by atoms with Gasteiger partial charge in [-0.2, -0.15) is 0 Å². The maximum Gasteiger partial charge on any atom is 0.236 e. The van der Waals surface area contributed by atoms with E-state index in [-0.39, 0.29) is 28.3 Å². The van der Waals surface area contributed by atoms with Crippen LogP contribution in [-0.2, 0) is 25.9 Å². The van der Waals surface area contributed by atoms with Crippen molar-refractivity contribution >= 4 is 15.7 Å². The smallest absolute Gasteiger partial charge is 0.236 e. The fourth-order valence-corrected chi connectivity index (χ4v) is 4.65. The summed E-state index contributed by atoms with van der Waals surface area (Å²) in [5.41, 5.74) is 2.90. The van der Waals surface area contributed by atoms with Gasteiger partial charge in [0.1, 0.15) is 5.75 Å². The number of hydrogen-bond donors (Lipinski definition) is 2. The lowest BCUT2D eigenvalue weighted by Crippen LogP contribution is -2.40. The van der Waals surface area contributed by atoms with Gasteiger partial charge in [0.05, 0.1) is 18.6 Å². The van der Waals surface area contributed by atoms with Crippen LogP contribution in [-0.4, -0.2) is 50.0 Å². The zero-order valence-electron chi connectivity index (χ0n) is 17.4. The first-order chi connectivity index (χ1) is 14.9. The summed E-state index contributed by atoms with van der Waals surface area (Å²) < 4.78 is 36.1. The van der Waals surface area contributed by atoms with E-state index in [2.05, 4.69) is 10.4 Å². The predicted molar refractivity (Wildman–Crippen MR) is 111 cm³/mol. The van der Waals surface area contributed by atoms with Crippen molar-refractivity contribution in [2.45, 2.75) is 42.1 Å². The number of hydrazine groups is 1. The van der Waals surface area contributed by atoms with Gasteiger partial charge in [-0.3, -0.25) is 15.4 Å². The van der Waals surface area contributed by atoms with Crippen molar-refractivity contribution in [3.05, 3.63) is 48.2 Å². The first-order valence-electron chi connectivity index (χ1n) is 10.1. The molecule has 0 radical (unpaired) electrons. The van der Waals surface area contributed by atoms with E-state index in [1.165, 1.54) is 31.5 Å². The summed E-state index contributed by atoms with van der Waals surface area (Å²) in [6.45, 7) is 1.27. The normalized spacial score (nSPS) is 17.2. The minimum absolute atomic E-state index is 0.0829. The summed E-state index contributed by atoms with van der Waals surface area (Å²) in [4.78, 5) is 16.3. The van der Waals surface area contributed by atoms with E-state index in [1.807, 2.05) is 0 Å². The lowest BCUT2D eigenvalue weighted by Gasteiger charge is -2.18. The number of sulfone groups is 1. The summed E-state index contributed by atoms with van der Waals surface area (Å²) in [6.07, 6.45) is 4.30. The van der Waals surface area contributed by atoms with Crippen LogP contribution < -0.4 is 10.2 Å². The zero-order valence-corrected chi connectivity index (χ0v) is 18.2. The number of pyridine rings is 1. The molecule has 0 bridgehead atoms. The quantitative estimate of drug-likeness (QED) is 0.590. The fraction of sp³-hybridized carbons (Fsp3) is 0.429. The molecule has 1 aliphatic rings. The Hall–Kier alpha value is -2.53. The van der Waals surface area contributed by atoms with Gasteiger partial charge in [-0.25, -0.2) is 13.4 Å². The van der Waals surface area contributed by atoms with Crippen LogP contribution in [0.2, 0.25) is 0 Å². The molecule has 168 valence electrons. The van der Waals surface area contributed by atoms with Crippen LogP contribution >= 0.6 is 0 Å². The highest BCUT2D eigenvalue weighted by atomic mass is 32.2. The molecule has 1 atom stereocenters. The average Bonchev–Trinajstić information content (AvgIpc) is 3.02. The van der Waals surface area contributed by atoms with Gasteiger partial charge in [-0.1, -0.05) is 5.17 Å². The Morgan fingerprint density at radius 1 is 1.26 bits per heavy atom. The van der Waals surface area contributed by atoms with E-state index in [0.29, 0.717) is 36.1 Å². The number of rotatable bonds is 8. The third kappa shape index (κ3) is 6.47. The molecule has 1 saturated heterocycles. The molecule has 2 heterocycles. The lowest BCUT2D eigenvalue weighted by atomic mass is 9.97. The molecule has 0 saturated carbocycles. The van der Waals surface area contributed by atoms with Crippen LogP contribution in [0.15, 0.2) is 52.5 Å². The van der Waals surface area contributed by atoms with E-state index < -0.39 is 9.84 Å². The Kier molecular flexibility index (Phi) is 7.97. The number of aromatic nitrogens is 1. The van der Waals surface area contributed by atoms with Crippen molar-refractivity contribution in [1.82, 2.24) is 15.6 Å². The van der Waals surface area contributed by atoms with Crippen LogP contribution in [0.25, 0.3) is 0 Å². The number of amides is 1. The molecule has 1 fully saturated rings. The molecular formula is C21H27N3O6S. The number of ether oxygens (including phenoxy) is 2. The van der Waals surface area contributed by atoms with Gasteiger partial charge in [-0.05, 0) is 67.1 Å². The van der Waals surface area contributed by atoms with Gasteiger partial charge < -0.3 is 9.47 Å². The fourth-order valence-electron chi connectivity index (χ4n) is 3.41. The van der Waals surface area contributed by atoms with E-state index in [9.17, 15) is 18.4 Å². The van der Waals surface area contributed by atoms with Crippen molar-refractivity contribution < 1.29 is 27.9 Å². The van der Waals surface area contributed by atoms with Gasteiger partial charge in [0.25, 0.3) is 0 Å². The molecule has 1 unspecified atom stereocenters. The third-order valence-corrected chi connectivity index (χ3v) is 6.74. The molecule has 9 nitrogen and oxygen atoms in total. The van der Waals surface area contributed by atoms with Gasteiger partial charge in [0.2, 0.25) is 15.7 Å². The third-order valence-electron chi connectivity index (χ3n) is 5.08. The Bertz CT molecular complexity index is 973. The van der Waals surface area contributed by atoms with E-state index >= 15 is 0 Å². The topological polar surface area (TPSA) is 118 Å². The van der Waals surface area contributed by atoms with Crippen molar-refractivity contribution in [2.75, 3.05) is 20.3 Å². The molecule has 2 aromatic rings. The van der Waals surface area contributed by atoms with E-state index in [1.54, 1.807) is 18.2 Å². The molecule has 1 aromatic heterocycles. The summed E-state index contributed by atoms with van der Waals surface area (Å²) in [5, 5.41) is 10.6. The number of methoxy groups -OCH3 is 1. The second-order valence-electron chi connectivity index (χ2n) is 7.39. The molecule has 2 N–H and O–H groups in total. The average molecular weight is 450 g/mol. The Morgan fingerprint density at radius 2 is 2.03 bits per heavy atom. The number of hydroxylamine groups is 1. The van der Waals surface area contributed by atoms with Crippen molar-refractivity contribution in [2.24, 2.45) is 5.92 Å². The highest BCUT2D eigenvalue weighted by Crippen LogP contribution is 2.23. The number of nitrogens with zero attached hydrogens (tertiary/aromatic N) is 2. The number of carbonyl (C=O) groups is 1. The van der Waals surface area contributed by atoms with E-state index in [0.717, 1.165) is 19.3 Å². The molecule has 1 aliphatic heterocycles. The summed E-state index contributed by atoms with van der Waals surface area (Å²) in [7, 11) is -2.34. The van der Waals surface area contributed by atoms with Crippen LogP contribution in [0.5, 0.6) is 5.75 Å². The largest absolute Gasteiger partial charge is 0.497 e. The molecule has 10 heteroatoms. The van der Waals surface area contributed by atoms with Gasteiger partial charge in [-0.15, -0.1) is 0 Å². The SMILES string of the molecule is COc1ccc(S(=O)(=O)c2cc(CN(O)NC(=O)CC3CCCOCC3)ccn2)cc1. The molecule has 3 rings (SSSR count). The monoisotopic (exact) mass is 449 g/mol. The molecule has 31 heavy (non-hydrogen) atoms. The van der Waals surface area contributed by atoms with Gasteiger partial charge in [0.15, 0.2) is 5.03 Å². The minimum atomic E-state index is -3.83. The first kappa shape index (κ1) is 23.1. The summed E-state index contributed by atoms with van der Waals surface area (Å²) in [5.74, 6) is 0.469. The van der Waals surface area contributed by atoms with Crippen LogP contribution in [0, 0.1) is 5.92 Å². The van der Waals surface area contributed by atoms with Gasteiger partial charge in [0, 0.05) is 25.8 Å². The standard InChI is InChI=1S/C21H27N3O6S/c1-29-18-4-6-19(7-5-18)31(27,28)21-14-17(8-10-22-21)15-24(26)23-20(25)13-16-3-2-11-30-12-9-16/h4-8,10,14,16,26H,2-3,9,11-13,15H2,1H3,(H,23,25). The Labute approximate surface area is 181 Å².